The van der Waals surface area contributed by atoms with Gasteiger partial charge in [-0.3, -0.25) is 4.79 Å². The van der Waals surface area contributed by atoms with Gasteiger partial charge in [0.05, 0.1) is 18.3 Å². The third-order valence-corrected chi connectivity index (χ3v) is 7.52. The van der Waals surface area contributed by atoms with Crippen LogP contribution < -0.4 is 0 Å². The zero-order chi connectivity index (χ0) is 27.6. The molecule has 6 nitrogen and oxygen atoms in total. The molecule has 0 aromatic heterocycles. The van der Waals surface area contributed by atoms with Crippen LogP contribution in [0.1, 0.15) is 122 Å². The first-order chi connectivity index (χ1) is 18.4. The molecular weight excluding hydrogens is 480 g/mol. The van der Waals surface area contributed by atoms with Crippen LogP contribution >= 0.6 is 0 Å². The topological polar surface area (TPSA) is 71.1 Å². The summed E-state index contributed by atoms with van der Waals surface area (Å²) in [6, 6.07) is 9.10. The van der Waals surface area contributed by atoms with E-state index in [1.165, 1.54) is 51.4 Å². The molecule has 1 aliphatic heterocycles. The average Bonchev–Trinajstić information content (AvgIpc) is 2.90. The van der Waals surface area contributed by atoms with E-state index >= 15 is 0 Å². The molecule has 5 atom stereocenters. The molecule has 38 heavy (non-hydrogen) atoms. The van der Waals surface area contributed by atoms with E-state index in [-0.39, 0.29) is 24.1 Å². The first-order valence-corrected chi connectivity index (χ1v) is 15.1. The second-order valence-corrected chi connectivity index (χ2v) is 11.0. The molecule has 1 aliphatic rings. The van der Waals surface area contributed by atoms with Crippen molar-refractivity contribution in [2.45, 2.75) is 130 Å². The van der Waals surface area contributed by atoms with Crippen LogP contribution in [0.2, 0.25) is 0 Å². The summed E-state index contributed by atoms with van der Waals surface area (Å²) in [6.07, 6.45) is 13.9. The zero-order valence-electron chi connectivity index (χ0n) is 24.3. The van der Waals surface area contributed by atoms with E-state index in [0.29, 0.717) is 37.0 Å². The van der Waals surface area contributed by atoms with E-state index in [9.17, 15) is 9.59 Å². The largest absolute Gasteiger partial charge is 0.466 e. The molecule has 0 N–H and O–H groups in total. The Morgan fingerprint density at radius 1 is 0.921 bits per heavy atom. The van der Waals surface area contributed by atoms with Crippen molar-refractivity contribution in [3.05, 3.63) is 35.9 Å². The molecule has 2 unspecified atom stereocenters. The summed E-state index contributed by atoms with van der Waals surface area (Å²) in [6.45, 7) is 9.28. The molecule has 0 saturated carbocycles. The number of ether oxygens (including phenoxy) is 4. The van der Waals surface area contributed by atoms with Gasteiger partial charge in [0.15, 0.2) is 12.4 Å². The van der Waals surface area contributed by atoms with E-state index in [4.69, 9.17) is 18.9 Å². The maximum absolute atomic E-state index is 12.6. The van der Waals surface area contributed by atoms with Gasteiger partial charge in [-0.15, -0.1) is 0 Å². The van der Waals surface area contributed by atoms with Crippen LogP contribution in [0.25, 0.3) is 0 Å². The highest BCUT2D eigenvalue weighted by molar-refractivity contribution is 5.89. The third kappa shape index (κ3) is 13.2. The van der Waals surface area contributed by atoms with Gasteiger partial charge in [0, 0.05) is 13.0 Å². The molecule has 0 amide bonds. The lowest BCUT2D eigenvalue weighted by Crippen LogP contribution is -2.46. The second kappa shape index (κ2) is 19.2. The summed E-state index contributed by atoms with van der Waals surface area (Å²) < 4.78 is 22.9. The van der Waals surface area contributed by atoms with Gasteiger partial charge in [-0.1, -0.05) is 96.3 Å². The van der Waals surface area contributed by atoms with Gasteiger partial charge < -0.3 is 18.9 Å². The number of carbonyl (C=O) groups excluding carboxylic acids is 2. The Labute approximate surface area is 231 Å². The van der Waals surface area contributed by atoms with Crippen molar-refractivity contribution in [3.8, 4) is 0 Å². The number of hydrogen-bond acceptors (Lipinski definition) is 6. The maximum atomic E-state index is 12.6. The van der Waals surface area contributed by atoms with Crippen LogP contribution in [0.3, 0.4) is 0 Å². The summed E-state index contributed by atoms with van der Waals surface area (Å²) in [5, 5.41) is 0. The quantitative estimate of drug-likeness (QED) is 0.133. The molecule has 0 radical (unpaired) electrons. The Hall–Kier alpha value is -1.92. The number of rotatable bonds is 19. The van der Waals surface area contributed by atoms with Gasteiger partial charge in [0.1, 0.15) is 0 Å². The number of benzene rings is 1. The molecule has 1 aromatic carbocycles. The van der Waals surface area contributed by atoms with E-state index < -0.39 is 6.29 Å². The average molecular weight is 533 g/mol. The molecule has 1 heterocycles. The molecule has 1 fully saturated rings. The summed E-state index contributed by atoms with van der Waals surface area (Å²) in [5.41, 5.74) is 0.554. The molecule has 0 spiro atoms. The SMILES string of the molecule is CCOC(=O)C[C@H](C)CCCCCCCCCCCCO[C@@H]1OC(C)[C@H](C)CC1OC(=O)c1ccccc1. The fourth-order valence-corrected chi connectivity index (χ4v) is 4.95. The van der Waals surface area contributed by atoms with E-state index in [2.05, 4.69) is 20.8 Å². The Kier molecular flexibility index (Phi) is 16.3. The van der Waals surface area contributed by atoms with E-state index in [0.717, 1.165) is 25.7 Å². The van der Waals surface area contributed by atoms with Gasteiger partial charge in [-0.05, 0) is 50.7 Å². The predicted molar refractivity (Wildman–Crippen MR) is 151 cm³/mol. The molecule has 6 heteroatoms. The lowest BCUT2D eigenvalue weighted by molar-refractivity contribution is -0.249. The van der Waals surface area contributed by atoms with Crippen LogP contribution in [0, 0.1) is 11.8 Å². The number of carbonyl (C=O) groups is 2. The van der Waals surface area contributed by atoms with Crippen LogP contribution in [0.5, 0.6) is 0 Å². The van der Waals surface area contributed by atoms with Crippen molar-refractivity contribution < 1.29 is 28.5 Å². The van der Waals surface area contributed by atoms with Crippen molar-refractivity contribution in [1.82, 2.24) is 0 Å². The standard InChI is InChI=1S/C32H52O6/c1-5-35-30(33)23-25(2)19-15-12-10-8-6-7-9-11-13-18-22-36-32-29(24-26(3)27(4)37-32)38-31(34)28-20-16-14-17-21-28/h14,16-17,20-21,25-27,29,32H,5-13,15,18-19,22-24H2,1-4H3/t25-,26-,27?,29?,32-/m1/s1. The lowest BCUT2D eigenvalue weighted by atomic mass is 9.95. The number of hydrogen-bond donors (Lipinski definition) is 0. The summed E-state index contributed by atoms with van der Waals surface area (Å²) in [7, 11) is 0. The van der Waals surface area contributed by atoms with Crippen LogP contribution in [0.4, 0.5) is 0 Å². The highest BCUT2D eigenvalue weighted by atomic mass is 16.7. The Bertz CT molecular complexity index is 766. The van der Waals surface area contributed by atoms with Crippen molar-refractivity contribution >= 4 is 11.9 Å². The first-order valence-electron chi connectivity index (χ1n) is 15.1. The molecule has 2 rings (SSSR count). The van der Waals surface area contributed by atoms with Gasteiger partial charge in [-0.25, -0.2) is 4.79 Å². The fraction of sp³-hybridized carbons (Fsp3) is 0.750. The molecule has 0 aliphatic carbocycles. The normalized spacial score (nSPS) is 22.1. The summed E-state index contributed by atoms with van der Waals surface area (Å²) in [4.78, 5) is 24.1. The molecule has 216 valence electrons. The molecule has 1 saturated heterocycles. The van der Waals surface area contributed by atoms with E-state index in [1.807, 2.05) is 25.1 Å². The van der Waals surface area contributed by atoms with Crippen molar-refractivity contribution in [3.63, 3.8) is 0 Å². The Morgan fingerprint density at radius 3 is 2.16 bits per heavy atom. The van der Waals surface area contributed by atoms with Crippen molar-refractivity contribution in [2.24, 2.45) is 11.8 Å². The Morgan fingerprint density at radius 2 is 1.53 bits per heavy atom. The maximum Gasteiger partial charge on any atom is 0.338 e. The monoisotopic (exact) mass is 532 g/mol. The zero-order valence-corrected chi connectivity index (χ0v) is 24.3. The smallest absolute Gasteiger partial charge is 0.338 e. The van der Waals surface area contributed by atoms with Crippen LogP contribution in [-0.4, -0.2) is 43.7 Å². The highest BCUT2D eigenvalue weighted by Gasteiger charge is 2.37. The summed E-state index contributed by atoms with van der Waals surface area (Å²) >= 11 is 0. The minimum Gasteiger partial charge on any atom is -0.466 e. The second-order valence-electron chi connectivity index (χ2n) is 11.0. The number of unbranched alkanes of at least 4 members (excludes halogenated alkanes) is 9. The summed E-state index contributed by atoms with van der Waals surface area (Å²) in [5.74, 6) is 0.345. The van der Waals surface area contributed by atoms with Crippen LogP contribution in [0.15, 0.2) is 30.3 Å². The predicted octanol–water partition coefficient (Wildman–Crippen LogP) is 7.88. The van der Waals surface area contributed by atoms with Crippen molar-refractivity contribution in [2.75, 3.05) is 13.2 Å². The first kappa shape index (κ1) is 32.3. The molecule has 1 aromatic rings. The van der Waals surface area contributed by atoms with Gasteiger partial charge in [-0.2, -0.15) is 0 Å². The van der Waals surface area contributed by atoms with Crippen LogP contribution in [-0.2, 0) is 23.7 Å². The fourth-order valence-electron chi connectivity index (χ4n) is 4.95. The van der Waals surface area contributed by atoms with Gasteiger partial charge in [0.2, 0.25) is 0 Å². The molecular formula is C32H52O6. The third-order valence-electron chi connectivity index (χ3n) is 7.52. The minimum atomic E-state index is -0.498. The van der Waals surface area contributed by atoms with Crippen molar-refractivity contribution in [1.29, 1.82) is 0 Å². The van der Waals surface area contributed by atoms with Gasteiger partial charge in [0.25, 0.3) is 0 Å². The minimum absolute atomic E-state index is 0.0633. The Balaban J connectivity index is 1.49. The van der Waals surface area contributed by atoms with E-state index in [1.54, 1.807) is 12.1 Å². The lowest BCUT2D eigenvalue weighted by Gasteiger charge is -2.38. The molecule has 0 bridgehead atoms. The number of esters is 2. The van der Waals surface area contributed by atoms with Gasteiger partial charge >= 0.3 is 11.9 Å². The highest BCUT2D eigenvalue weighted by Crippen LogP contribution is 2.28.